The first-order valence-corrected chi connectivity index (χ1v) is 13.3. The Morgan fingerprint density at radius 2 is 2.00 bits per heavy atom. The topological polar surface area (TPSA) is 72.8 Å². The molecule has 11 heteroatoms. The van der Waals surface area contributed by atoms with Gasteiger partial charge in [0.25, 0.3) is 0 Å². The number of benzene rings is 2. The molecule has 0 saturated carbocycles. The minimum Gasteiger partial charge on any atom is -0.508 e. The molecule has 0 spiro atoms. The second-order valence-electron chi connectivity index (χ2n) is 8.12. The van der Waals surface area contributed by atoms with Crippen LogP contribution in [0.25, 0.3) is 0 Å². The van der Waals surface area contributed by atoms with Crippen molar-refractivity contribution >= 4 is 49.0 Å². The van der Waals surface area contributed by atoms with Crippen molar-refractivity contribution in [2.75, 3.05) is 18.2 Å². The number of anilines is 1. The molecule has 2 heterocycles. The van der Waals surface area contributed by atoms with Gasteiger partial charge in [-0.25, -0.2) is 0 Å². The SMILES string of the molecule is CC(C)c1cc(Oc2c(Cl)c(F)nc(NCP3OCCC(c4cccc(Cl)c4)O3)c2Cl)ccc1O. The van der Waals surface area contributed by atoms with Crippen LogP contribution in [0.5, 0.6) is 17.2 Å². The molecule has 2 atom stereocenters. The van der Waals surface area contributed by atoms with Crippen molar-refractivity contribution in [2.45, 2.75) is 32.3 Å². The smallest absolute Gasteiger partial charge is 0.237 e. The summed E-state index contributed by atoms with van der Waals surface area (Å²) in [5, 5.41) is 13.3. The Hall–Kier alpha value is -1.86. The molecule has 2 unspecified atom stereocenters. The van der Waals surface area contributed by atoms with Crippen LogP contribution in [0.4, 0.5) is 10.2 Å². The van der Waals surface area contributed by atoms with Crippen LogP contribution < -0.4 is 10.1 Å². The summed E-state index contributed by atoms with van der Waals surface area (Å²) in [4.78, 5) is 3.83. The van der Waals surface area contributed by atoms with Gasteiger partial charge in [-0.1, -0.05) is 60.8 Å². The first-order chi connectivity index (χ1) is 16.7. The second-order valence-corrected chi connectivity index (χ2v) is 10.8. The molecule has 3 aromatic rings. The third-order valence-electron chi connectivity index (χ3n) is 5.29. The predicted molar refractivity (Wildman–Crippen MR) is 138 cm³/mol. The molecular weight excluding hydrogens is 537 g/mol. The number of nitrogens with one attached hydrogen (secondary N) is 1. The van der Waals surface area contributed by atoms with Gasteiger partial charge in [-0.2, -0.15) is 9.37 Å². The number of phenolic OH excluding ortho intramolecular Hbond substituents is 1. The lowest BCUT2D eigenvalue weighted by Crippen LogP contribution is -2.16. The lowest BCUT2D eigenvalue weighted by molar-refractivity contribution is 0.109. The molecule has 186 valence electrons. The molecule has 1 fully saturated rings. The minimum atomic E-state index is -1.35. The van der Waals surface area contributed by atoms with Crippen molar-refractivity contribution in [1.29, 1.82) is 0 Å². The van der Waals surface area contributed by atoms with Gasteiger partial charge in [-0.15, -0.1) is 0 Å². The van der Waals surface area contributed by atoms with E-state index in [4.69, 9.17) is 48.6 Å². The Morgan fingerprint density at radius 1 is 1.20 bits per heavy atom. The van der Waals surface area contributed by atoms with Crippen LogP contribution >= 0.6 is 43.2 Å². The molecular formula is C24H23Cl3FN2O4P. The molecule has 6 nitrogen and oxygen atoms in total. The molecule has 1 saturated heterocycles. The summed E-state index contributed by atoms with van der Waals surface area (Å²) < 4.78 is 32.2. The van der Waals surface area contributed by atoms with Gasteiger partial charge in [0.05, 0.1) is 19.0 Å². The quantitative estimate of drug-likeness (QED) is 0.223. The number of ether oxygens (including phenoxy) is 1. The summed E-state index contributed by atoms with van der Waals surface area (Å²) in [6, 6.07) is 12.2. The normalized spacial score (nSPS) is 18.0. The van der Waals surface area contributed by atoms with E-state index in [1.807, 2.05) is 32.0 Å². The molecule has 1 aromatic heterocycles. The fraction of sp³-hybridized carbons (Fsp3) is 0.292. The zero-order valence-electron chi connectivity index (χ0n) is 18.9. The lowest BCUT2D eigenvalue weighted by Gasteiger charge is -2.30. The molecule has 35 heavy (non-hydrogen) atoms. The van der Waals surface area contributed by atoms with Gasteiger partial charge in [0.15, 0.2) is 19.9 Å². The zero-order chi connectivity index (χ0) is 25.1. The highest BCUT2D eigenvalue weighted by Crippen LogP contribution is 2.49. The van der Waals surface area contributed by atoms with Crippen LogP contribution in [0.15, 0.2) is 42.5 Å². The van der Waals surface area contributed by atoms with E-state index in [-0.39, 0.29) is 45.7 Å². The average Bonchev–Trinajstić information content (AvgIpc) is 2.84. The Labute approximate surface area is 219 Å². The highest BCUT2D eigenvalue weighted by Gasteiger charge is 2.27. The highest BCUT2D eigenvalue weighted by atomic mass is 35.5. The molecule has 2 N–H and O–H groups in total. The largest absolute Gasteiger partial charge is 0.508 e. The summed E-state index contributed by atoms with van der Waals surface area (Å²) in [6.45, 7) is 4.37. The number of phenols is 1. The number of halogens is 4. The number of aromatic nitrogens is 1. The first kappa shape index (κ1) is 26.2. The molecule has 0 amide bonds. The van der Waals surface area contributed by atoms with Gasteiger partial charge in [0.2, 0.25) is 5.95 Å². The highest BCUT2D eigenvalue weighted by molar-refractivity contribution is 7.47. The summed E-state index contributed by atoms with van der Waals surface area (Å²) in [5.74, 6) is -0.445. The van der Waals surface area contributed by atoms with Crippen LogP contribution in [0.2, 0.25) is 15.1 Å². The maximum atomic E-state index is 14.5. The van der Waals surface area contributed by atoms with Gasteiger partial charge in [-0.05, 0) is 41.8 Å². The van der Waals surface area contributed by atoms with Crippen molar-refractivity contribution in [2.24, 2.45) is 0 Å². The molecule has 4 rings (SSSR count). The monoisotopic (exact) mass is 558 g/mol. The Morgan fingerprint density at radius 3 is 2.74 bits per heavy atom. The summed E-state index contributed by atoms with van der Waals surface area (Å²) in [5.41, 5.74) is 1.64. The van der Waals surface area contributed by atoms with Crippen LogP contribution in [0.3, 0.4) is 0 Å². The van der Waals surface area contributed by atoms with E-state index in [0.717, 1.165) is 5.56 Å². The number of aromatic hydroxyl groups is 1. The van der Waals surface area contributed by atoms with Crippen molar-refractivity contribution in [3.05, 3.63) is 74.6 Å². The number of rotatable bonds is 7. The van der Waals surface area contributed by atoms with E-state index in [2.05, 4.69) is 10.3 Å². The van der Waals surface area contributed by atoms with Gasteiger partial charge in [0.1, 0.15) is 21.5 Å². The second kappa shape index (κ2) is 11.5. The van der Waals surface area contributed by atoms with Crippen molar-refractivity contribution in [3.63, 3.8) is 0 Å². The van der Waals surface area contributed by atoms with Gasteiger partial charge >= 0.3 is 0 Å². The molecule has 0 bridgehead atoms. The van der Waals surface area contributed by atoms with Crippen LogP contribution in [-0.4, -0.2) is 23.0 Å². The third kappa shape index (κ3) is 6.29. The Kier molecular flexibility index (Phi) is 8.59. The van der Waals surface area contributed by atoms with Crippen molar-refractivity contribution < 1.29 is 23.3 Å². The predicted octanol–water partition coefficient (Wildman–Crippen LogP) is 8.66. The average molecular weight is 560 g/mol. The fourth-order valence-electron chi connectivity index (χ4n) is 3.52. The Balaban J connectivity index is 1.49. The van der Waals surface area contributed by atoms with Crippen LogP contribution in [0.1, 0.15) is 43.4 Å². The number of hydrogen-bond donors (Lipinski definition) is 2. The number of nitrogens with zero attached hydrogens (tertiary/aromatic N) is 1. The van der Waals surface area contributed by atoms with Gasteiger partial charge in [-0.3, -0.25) is 0 Å². The van der Waals surface area contributed by atoms with E-state index in [0.29, 0.717) is 29.4 Å². The summed E-state index contributed by atoms with van der Waals surface area (Å²) in [6.07, 6.45) is 0.747. The van der Waals surface area contributed by atoms with E-state index in [1.54, 1.807) is 18.2 Å². The van der Waals surface area contributed by atoms with Gasteiger partial charge < -0.3 is 24.2 Å². The zero-order valence-corrected chi connectivity index (χ0v) is 22.1. The Bertz CT molecular complexity index is 1220. The third-order valence-corrected chi connectivity index (χ3v) is 7.58. The molecule has 2 aromatic carbocycles. The summed E-state index contributed by atoms with van der Waals surface area (Å²) >= 11 is 18.7. The summed E-state index contributed by atoms with van der Waals surface area (Å²) in [7, 11) is -1.35. The lowest BCUT2D eigenvalue weighted by atomic mass is 10.0. The molecule has 1 aliphatic heterocycles. The van der Waals surface area contributed by atoms with Crippen LogP contribution in [0, 0.1) is 5.95 Å². The number of pyridine rings is 1. The molecule has 1 aliphatic rings. The van der Waals surface area contributed by atoms with E-state index in [9.17, 15) is 9.50 Å². The molecule has 0 radical (unpaired) electrons. The van der Waals surface area contributed by atoms with Gasteiger partial charge in [0, 0.05) is 17.0 Å². The standard InChI is InChI=1S/C24H23Cl3FN2O4P/c1-13(2)17-11-16(6-7-18(17)31)33-22-20(26)23(28)30-24(21(22)27)29-12-35-32-9-8-19(34-35)14-4-3-5-15(25)10-14/h3-7,10-11,13,19,31H,8-9,12H2,1-2H3,(H,29,30). The van der Waals surface area contributed by atoms with E-state index >= 15 is 0 Å². The maximum Gasteiger partial charge on any atom is 0.237 e. The van der Waals surface area contributed by atoms with Crippen molar-refractivity contribution in [1.82, 2.24) is 4.98 Å². The number of hydrogen-bond acceptors (Lipinski definition) is 6. The van der Waals surface area contributed by atoms with E-state index in [1.165, 1.54) is 6.07 Å². The van der Waals surface area contributed by atoms with Crippen molar-refractivity contribution in [3.8, 4) is 17.2 Å². The minimum absolute atomic E-state index is 0.00831. The first-order valence-electron chi connectivity index (χ1n) is 10.8. The fourth-order valence-corrected chi connectivity index (χ4v) is 5.51. The maximum absolute atomic E-state index is 14.5. The van der Waals surface area contributed by atoms with Crippen LogP contribution in [-0.2, 0) is 9.05 Å². The molecule has 0 aliphatic carbocycles. The van der Waals surface area contributed by atoms with E-state index < -0.39 is 14.3 Å².